The second kappa shape index (κ2) is 6.61. The Labute approximate surface area is 93.6 Å². The fraction of sp³-hybridized carbons (Fsp3) is 1.00. The molecule has 0 rings (SSSR count). The van der Waals surface area contributed by atoms with Crippen LogP contribution in [-0.2, 0) is 11.2 Å². The summed E-state index contributed by atoms with van der Waals surface area (Å²) in [5.41, 5.74) is 5.13. The highest BCUT2D eigenvalue weighted by Crippen LogP contribution is 2.38. The van der Waals surface area contributed by atoms with Crippen molar-refractivity contribution in [2.24, 2.45) is 5.73 Å². The zero-order valence-electron chi connectivity index (χ0n) is 8.53. The molecule has 0 saturated heterocycles. The van der Waals surface area contributed by atoms with Crippen LogP contribution in [0.3, 0.4) is 0 Å². The molecule has 0 aliphatic rings. The van der Waals surface area contributed by atoms with E-state index in [1.165, 1.54) is 0 Å². The lowest BCUT2D eigenvalue weighted by atomic mass is 10.2. The molecule has 0 spiro atoms. The minimum Gasteiger partial charge on any atom is -0.616 e. The van der Waals surface area contributed by atoms with E-state index >= 15 is 0 Å². The van der Waals surface area contributed by atoms with Gasteiger partial charge in [0.15, 0.2) is 0 Å². The van der Waals surface area contributed by atoms with Crippen molar-refractivity contribution in [3.8, 4) is 0 Å². The van der Waals surface area contributed by atoms with Gasteiger partial charge in [0, 0.05) is 12.8 Å². The van der Waals surface area contributed by atoms with Crippen molar-refractivity contribution in [1.29, 1.82) is 0 Å². The molecular weight excluding hydrogens is 253 g/mol. The van der Waals surface area contributed by atoms with E-state index < -0.39 is 36.1 Å². The van der Waals surface area contributed by atoms with E-state index in [-0.39, 0.29) is 11.5 Å². The molecule has 16 heavy (non-hydrogen) atoms. The molecule has 0 aliphatic heterocycles. The smallest absolute Gasteiger partial charge is 0.453 e. The Morgan fingerprint density at radius 2 is 1.50 bits per heavy atom. The van der Waals surface area contributed by atoms with Gasteiger partial charge in [0.2, 0.25) is 0 Å². The molecule has 0 saturated carbocycles. The Kier molecular flexibility index (Phi) is 6.57. The normalized spacial score (nSPS) is 15.2. The topological polar surface area (TPSA) is 49.1 Å². The van der Waals surface area contributed by atoms with Crippen LogP contribution in [0, 0.1) is 0 Å². The number of nitrogens with two attached hydrogens (primary N) is 1. The number of hydrogen-bond donors (Lipinski definition) is 1. The van der Waals surface area contributed by atoms with E-state index in [1.54, 1.807) is 0 Å². The fourth-order valence-corrected chi connectivity index (χ4v) is 2.10. The standard InChI is InChI=1S/C8H14F5NOS/c9-7(10,8(11,12)13)3-1-5-16(15)6-2-4-14/h1-6,14H2. The van der Waals surface area contributed by atoms with Crippen molar-refractivity contribution < 1.29 is 26.5 Å². The van der Waals surface area contributed by atoms with Crippen LogP contribution >= 0.6 is 0 Å². The van der Waals surface area contributed by atoms with E-state index in [9.17, 15) is 26.5 Å². The van der Waals surface area contributed by atoms with Gasteiger partial charge in [-0.05, 0) is 13.0 Å². The van der Waals surface area contributed by atoms with Crippen LogP contribution < -0.4 is 5.73 Å². The van der Waals surface area contributed by atoms with E-state index in [2.05, 4.69) is 0 Å². The SMILES string of the molecule is NCCC[S+]([O-])CCCC(F)(F)C(F)(F)F. The second-order valence-electron chi connectivity index (χ2n) is 3.30. The Morgan fingerprint density at radius 3 is 1.94 bits per heavy atom. The predicted octanol–water partition coefficient (Wildman–Crippen LogP) is 2.06. The van der Waals surface area contributed by atoms with Gasteiger partial charge in [0.05, 0.1) is 0 Å². The first-order chi connectivity index (χ1) is 7.20. The van der Waals surface area contributed by atoms with E-state index in [4.69, 9.17) is 5.73 Å². The second-order valence-corrected chi connectivity index (χ2v) is 4.99. The zero-order chi connectivity index (χ0) is 12.8. The maximum atomic E-state index is 12.4. The van der Waals surface area contributed by atoms with Gasteiger partial charge in [-0.25, -0.2) is 0 Å². The van der Waals surface area contributed by atoms with Crippen molar-refractivity contribution in [2.75, 3.05) is 18.1 Å². The molecule has 0 aromatic rings. The third kappa shape index (κ3) is 5.86. The zero-order valence-corrected chi connectivity index (χ0v) is 9.34. The van der Waals surface area contributed by atoms with Gasteiger partial charge in [-0.3, -0.25) is 0 Å². The van der Waals surface area contributed by atoms with E-state index in [0.717, 1.165) is 0 Å². The summed E-state index contributed by atoms with van der Waals surface area (Å²) in [6.07, 6.45) is -6.78. The molecule has 1 unspecified atom stereocenters. The number of hydrogen-bond acceptors (Lipinski definition) is 2. The Bertz CT molecular complexity index is 199. The van der Waals surface area contributed by atoms with Gasteiger partial charge < -0.3 is 10.3 Å². The number of rotatable bonds is 7. The van der Waals surface area contributed by atoms with Crippen LogP contribution in [-0.4, -0.2) is 34.7 Å². The molecule has 0 amide bonds. The maximum absolute atomic E-state index is 12.4. The van der Waals surface area contributed by atoms with Crippen LogP contribution in [0.1, 0.15) is 19.3 Å². The molecule has 0 heterocycles. The quantitative estimate of drug-likeness (QED) is 0.567. The van der Waals surface area contributed by atoms with E-state index in [0.29, 0.717) is 13.0 Å². The fourth-order valence-electron chi connectivity index (χ4n) is 0.943. The summed E-state index contributed by atoms with van der Waals surface area (Å²) in [4.78, 5) is 0. The van der Waals surface area contributed by atoms with Crippen LogP contribution in [0.4, 0.5) is 22.0 Å². The predicted molar refractivity (Wildman–Crippen MR) is 51.8 cm³/mol. The largest absolute Gasteiger partial charge is 0.616 e. The highest BCUT2D eigenvalue weighted by molar-refractivity contribution is 7.91. The first-order valence-electron chi connectivity index (χ1n) is 4.70. The Morgan fingerprint density at radius 1 is 1.00 bits per heavy atom. The Hall–Kier alpha value is -0.0800. The minimum atomic E-state index is -5.52. The summed E-state index contributed by atoms with van der Waals surface area (Å²) >= 11 is -1.36. The van der Waals surface area contributed by atoms with Crippen molar-refractivity contribution in [1.82, 2.24) is 0 Å². The molecule has 98 valence electrons. The van der Waals surface area contributed by atoms with E-state index in [1.807, 2.05) is 0 Å². The van der Waals surface area contributed by atoms with Gasteiger partial charge in [0.1, 0.15) is 11.5 Å². The number of halogens is 5. The van der Waals surface area contributed by atoms with Crippen LogP contribution in [0.25, 0.3) is 0 Å². The molecule has 8 heteroatoms. The first-order valence-corrected chi connectivity index (χ1v) is 6.19. The van der Waals surface area contributed by atoms with Gasteiger partial charge in [-0.2, -0.15) is 22.0 Å². The van der Waals surface area contributed by atoms with Gasteiger partial charge >= 0.3 is 12.1 Å². The van der Waals surface area contributed by atoms with Gasteiger partial charge in [-0.15, -0.1) is 0 Å². The molecule has 2 N–H and O–H groups in total. The van der Waals surface area contributed by atoms with Crippen LogP contribution in [0.15, 0.2) is 0 Å². The summed E-state index contributed by atoms with van der Waals surface area (Å²) < 4.78 is 71.0. The molecule has 0 aliphatic carbocycles. The molecule has 2 nitrogen and oxygen atoms in total. The average Bonchev–Trinajstić information content (AvgIpc) is 2.12. The summed E-state index contributed by atoms with van der Waals surface area (Å²) in [5.74, 6) is -4.59. The molecule has 0 fully saturated rings. The maximum Gasteiger partial charge on any atom is 0.453 e. The van der Waals surface area contributed by atoms with Crippen molar-refractivity contribution in [3.05, 3.63) is 0 Å². The van der Waals surface area contributed by atoms with Crippen molar-refractivity contribution >= 4 is 11.2 Å². The minimum absolute atomic E-state index is 0.147. The summed E-state index contributed by atoms with van der Waals surface area (Å²) in [7, 11) is 0. The van der Waals surface area contributed by atoms with Gasteiger partial charge in [-0.1, -0.05) is 11.2 Å². The Balaban J connectivity index is 3.81. The molecule has 0 aromatic heterocycles. The lowest BCUT2D eigenvalue weighted by Crippen LogP contribution is -2.36. The molecule has 0 bridgehead atoms. The summed E-state index contributed by atoms with van der Waals surface area (Å²) in [6.45, 7) is 0.324. The van der Waals surface area contributed by atoms with Crippen molar-refractivity contribution in [3.63, 3.8) is 0 Å². The lowest BCUT2D eigenvalue weighted by molar-refractivity contribution is -0.284. The third-order valence-corrected chi connectivity index (χ3v) is 3.34. The third-order valence-electron chi connectivity index (χ3n) is 1.85. The van der Waals surface area contributed by atoms with Gasteiger partial charge in [0.25, 0.3) is 0 Å². The lowest BCUT2D eigenvalue weighted by Gasteiger charge is -2.19. The first kappa shape index (κ1) is 15.9. The highest BCUT2D eigenvalue weighted by Gasteiger charge is 2.56. The summed E-state index contributed by atoms with van der Waals surface area (Å²) in [5, 5.41) is 0. The summed E-state index contributed by atoms with van der Waals surface area (Å²) in [6, 6.07) is 0. The molecular formula is C8H14F5NOS. The number of alkyl halides is 5. The average molecular weight is 267 g/mol. The monoisotopic (exact) mass is 267 g/mol. The van der Waals surface area contributed by atoms with Crippen LogP contribution in [0.2, 0.25) is 0 Å². The van der Waals surface area contributed by atoms with Crippen molar-refractivity contribution in [2.45, 2.75) is 31.4 Å². The molecule has 0 aromatic carbocycles. The molecule has 1 atom stereocenters. The highest BCUT2D eigenvalue weighted by atomic mass is 32.2. The molecule has 0 radical (unpaired) electrons. The van der Waals surface area contributed by atoms with Crippen LogP contribution in [0.5, 0.6) is 0 Å².